The average molecular weight is 295 g/mol. The van der Waals surface area contributed by atoms with Crippen LogP contribution in [0, 0.1) is 0 Å². The maximum absolute atomic E-state index is 11.7. The second-order valence-corrected chi connectivity index (χ2v) is 5.31. The largest absolute Gasteiger partial charge is 0.484 e. The van der Waals surface area contributed by atoms with Crippen LogP contribution >= 0.6 is 0 Å². The van der Waals surface area contributed by atoms with Gasteiger partial charge in [0.2, 0.25) is 0 Å². The van der Waals surface area contributed by atoms with E-state index in [1.54, 1.807) is 14.0 Å². The van der Waals surface area contributed by atoms with E-state index < -0.39 is 5.60 Å². The van der Waals surface area contributed by atoms with Gasteiger partial charge in [0.25, 0.3) is 5.91 Å². The van der Waals surface area contributed by atoms with E-state index in [1.165, 1.54) is 0 Å². The molecule has 1 amide bonds. The number of carbonyl (C=O) groups is 1. The highest BCUT2D eigenvalue weighted by molar-refractivity contribution is 5.77. The van der Waals surface area contributed by atoms with Crippen LogP contribution in [0.15, 0.2) is 24.3 Å². The molecule has 0 radical (unpaired) electrons. The number of carbonyl (C=O) groups excluding carboxylic acids is 1. The Labute approximate surface area is 126 Å². The molecule has 0 aromatic heterocycles. The van der Waals surface area contributed by atoms with Gasteiger partial charge in [0.1, 0.15) is 5.75 Å². The fraction of sp³-hybridized carbons (Fsp3) is 0.562. The monoisotopic (exact) mass is 295 g/mol. The molecule has 0 bridgehead atoms. The van der Waals surface area contributed by atoms with E-state index in [4.69, 9.17) is 9.47 Å². The lowest BCUT2D eigenvalue weighted by atomic mass is 10.0. The molecule has 1 rings (SSSR count). The molecule has 0 aliphatic rings. The summed E-state index contributed by atoms with van der Waals surface area (Å²) >= 11 is 0. The van der Waals surface area contributed by atoms with E-state index in [-0.39, 0.29) is 19.1 Å². The standard InChI is InChI=1S/C16H25NO4/c1-4-13-6-5-7-14(10-13)21-11-15(18)17-12-16(2,19)8-9-20-3/h5-7,10,19H,4,8-9,11-12H2,1-3H3,(H,17,18). The molecular formula is C16H25NO4. The van der Waals surface area contributed by atoms with Crippen LogP contribution in [-0.2, 0) is 16.0 Å². The SMILES string of the molecule is CCc1cccc(OCC(=O)NCC(C)(O)CCOC)c1. The van der Waals surface area contributed by atoms with Crippen molar-refractivity contribution in [1.82, 2.24) is 5.32 Å². The molecule has 1 aromatic rings. The van der Waals surface area contributed by atoms with Crippen molar-refractivity contribution in [2.45, 2.75) is 32.3 Å². The normalized spacial score (nSPS) is 13.5. The van der Waals surface area contributed by atoms with E-state index >= 15 is 0 Å². The molecule has 0 heterocycles. The number of hydrogen-bond acceptors (Lipinski definition) is 4. The number of rotatable bonds is 9. The summed E-state index contributed by atoms with van der Waals surface area (Å²) in [5, 5.41) is 12.7. The van der Waals surface area contributed by atoms with Crippen LogP contribution in [0.25, 0.3) is 0 Å². The first-order chi connectivity index (χ1) is 9.96. The van der Waals surface area contributed by atoms with Crippen LogP contribution in [0.3, 0.4) is 0 Å². The van der Waals surface area contributed by atoms with Crippen molar-refractivity contribution >= 4 is 5.91 Å². The third kappa shape index (κ3) is 7.11. The van der Waals surface area contributed by atoms with Gasteiger partial charge in [-0.15, -0.1) is 0 Å². The van der Waals surface area contributed by atoms with Crippen LogP contribution in [0.4, 0.5) is 0 Å². The minimum Gasteiger partial charge on any atom is -0.484 e. The van der Waals surface area contributed by atoms with E-state index in [1.807, 2.05) is 24.3 Å². The molecule has 118 valence electrons. The van der Waals surface area contributed by atoms with Crippen molar-refractivity contribution in [1.29, 1.82) is 0 Å². The number of hydrogen-bond donors (Lipinski definition) is 2. The zero-order chi connectivity index (χ0) is 15.7. The van der Waals surface area contributed by atoms with Crippen molar-refractivity contribution in [2.75, 3.05) is 26.9 Å². The molecule has 0 saturated carbocycles. The number of aliphatic hydroxyl groups is 1. The Bertz CT molecular complexity index is 446. The summed E-state index contributed by atoms with van der Waals surface area (Å²) in [5.74, 6) is 0.422. The van der Waals surface area contributed by atoms with Gasteiger partial charge in [0.05, 0.1) is 5.60 Å². The number of aryl methyl sites for hydroxylation is 1. The third-order valence-electron chi connectivity index (χ3n) is 3.19. The van der Waals surface area contributed by atoms with Crippen molar-refractivity contribution in [3.8, 4) is 5.75 Å². The number of ether oxygens (including phenoxy) is 2. The van der Waals surface area contributed by atoms with Gasteiger partial charge in [-0.25, -0.2) is 0 Å². The van der Waals surface area contributed by atoms with Gasteiger partial charge in [0.15, 0.2) is 6.61 Å². The molecule has 5 nitrogen and oxygen atoms in total. The van der Waals surface area contributed by atoms with Gasteiger partial charge in [-0.3, -0.25) is 4.79 Å². The number of nitrogens with one attached hydrogen (secondary N) is 1. The summed E-state index contributed by atoms with van der Waals surface area (Å²) in [6.07, 6.45) is 1.38. The Morgan fingerprint density at radius 1 is 1.43 bits per heavy atom. The smallest absolute Gasteiger partial charge is 0.258 e. The fourth-order valence-electron chi connectivity index (χ4n) is 1.75. The maximum Gasteiger partial charge on any atom is 0.258 e. The first-order valence-electron chi connectivity index (χ1n) is 7.16. The Balaban J connectivity index is 2.33. The molecule has 1 unspecified atom stereocenters. The summed E-state index contributed by atoms with van der Waals surface area (Å²) in [5.41, 5.74) is 0.184. The van der Waals surface area contributed by atoms with E-state index in [0.29, 0.717) is 18.8 Å². The fourth-order valence-corrected chi connectivity index (χ4v) is 1.75. The molecule has 2 N–H and O–H groups in total. The highest BCUT2D eigenvalue weighted by Gasteiger charge is 2.20. The second kappa shape index (κ2) is 8.64. The Kier molecular flexibility index (Phi) is 7.19. The highest BCUT2D eigenvalue weighted by atomic mass is 16.5. The zero-order valence-electron chi connectivity index (χ0n) is 13.0. The summed E-state index contributed by atoms with van der Waals surface area (Å²) < 4.78 is 10.4. The molecule has 1 aromatic carbocycles. The van der Waals surface area contributed by atoms with Crippen molar-refractivity contribution in [3.63, 3.8) is 0 Å². The average Bonchev–Trinajstić information content (AvgIpc) is 2.49. The van der Waals surface area contributed by atoms with Gasteiger partial charge in [-0.2, -0.15) is 0 Å². The molecule has 0 saturated heterocycles. The predicted octanol–water partition coefficient (Wildman–Crippen LogP) is 1.53. The molecule has 0 aliphatic heterocycles. The molecular weight excluding hydrogens is 270 g/mol. The Morgan fingerprint density at radius 2 is 2.19 bits per heavy atom. The van der Waals surface area contributed by atoms with Crippen LogP contribution in [0.2, 0.25) is 0 Å². The topological polar surface area (TPSA) is 67.8 Å². The molecule has 0 spiro atoms. The summed E-state index contributed by atoms with van der Waals surface area (Å²) in [6, 6.07) is 7.66. The van der Waals surface area contributed by atoms with Gasteiger partial charge in [0, 0.05) is 26.7 Å². The van der Waals surface area contributed by atoms with Gasteiger partial charge >= 0.3 is 0 Å². The first kappa shape index (κ1) is 17.5. The molecule has 5 heteroatoms. The lowest BCUT2D eigenvalue weighted by molar-refractivity contribution is -0.124. The quantitative estimate of drug-likeness (QED) is 0.725. The molecule has 0 aliphatic carbocycles. The summed E-state index contributed by atoms with van der Waals surface area (Å²) in [6.45, 7) is 4.29. The zero-order valence-corrected chi connectivity index (χ0v) is 13.0. The minimum atomic E-state index is -0.978. The summed E-state index contributed by atoms with van der Waals surface area (Å²) in [7, 11) is 1.58. The van der Waals surface area contributed by atoms with Crippen LogP contribution in [-0.4, -0.2) is 43.5 Å². The van der Waals surface area contributed by atoms with Gasteiger partial charge < -0.3 is 19.9 Å². The van der Waals surface area contributed by atoms with Crippen LogP contribution in [0.1, 0.15) is 25.8 Å². The van der Waals surface area contributed by atoms with Crippen molar-refractivity contribution in [2.24, 2.45) is 0 Å². The number of benzene rings is 1. The predicted molar refractivity (Wildman–Crippen MR) is 81.4 cm³/mol. The third-order valence-corrected chi connectivity index (χ3v) is 3.19. The molecule has 21 heavy (non-hydrogen) atoms. The minimum absolute atomic E-state index is 0.0620. The number of methoxy groups -OCH3 is 1. The van der Waals surface area contributed by atoms with Gasteiger partial charge in [-0.05, 0) is 31.0 Å². The maximum atomic E-state index is 11.7. The lowest BCUT2D eigenvalue weighted by Gasteiger charge is -2.23. The first-order valence-corrected chi connectivity index (χ1v) is 7.16. The number of amides is 1. The van der Waals surface area contributed by atoms with Crippen LogP contribution in [0.5, 0.6) is 5.75 Å². The summed E-state index contributed by atoms with van der Waals surface area (Å²) in [4.78, 5) is 11.7. The van der Waals surface area contributed by atoms with E-state index in [2.05, 4.69) is 12.2 Å². The molecule has 1 atom stereocenters. The van der Waals surface area contributed by atoms with E-state index in [9.17, 15) is 9.90 Å². The Hall–Kier alpha value is -1.59. The lowest BCUT2D eigenvalue weighted by Crippen LogP contribution is -2.42. The highest BCUT2D eigenvalue weighted by Crippen LogP contribution is 2.13. The van der Waals surface area contributed by atoms with E-state index in [0.717, 1.165) is 12.0 Å². The Morgan fingerprint density at radius 3 is 2.86 bits per heavy atom. The molecule has 0 fully saturated rings. The second-order valence-electron chi connectivity index (χ2n) is 5.31. The van der Waals surface area contributed by atoms with Crippen molar-refractivity contribution in [3.05, 3.63) is 29.8 Å². The van der Waals surface area contributed by atoms with Gasteiger partial charge in [-0.1, -0.05) is 19.1 Å². The van der Waals surface area contributed by atoms with Crippen LogP contribution < -0.4 is 10.1 Å². The van der Waals surface area contributed by atoms with Crippen molar-refractivity contribution < 1.29 is 19.4 Å².